The molecule has 1 amide bonds. The number of nitrogens with zero attached hydrogens (tertiary/aromatic N) is 1. The highest BCUT2D eigenvalue weighted by Crippen LogP contribution is 2.22. The summed E-state index contributed by atoms with van der Waals surface area (Å²) in [5, 5.41) is 13.1. The fourth-order valence-electron chi connectivity index (χ4n) is 1.47. The van der Waals surface area contributed by atoms with Crippen LogP contribution in [0.5, 0.6) is 0 Å². The monoisotopic (exact) mass is 338 g/mol. The van der Waals surface area contributed by atoms with E-state index in [1.54, 1.807) is 11.4 Å². The average molecular weight is 339 g/mol. The second-order valence-corrected chi connectivity index (χ2v) is 5.47. The van der Waals surface area contributed by atoms with Crippen LogP contribution in [-0.4, -0.2) is 5.91 Å². The minimum Gasteiger partial charge on any atom is -0.347 e. The van der Waals surface area contributed by atoms with Crippen molar-refractivity contribution in [1.29, 1.82) is 5.26 Å². The molecule has 1 aromatic carbocycles. The van der Waals surface area contributed by atoms with Gasteiger partial charge in [0, 0.05) is 16.6 Å². The molecule has 0 saturated heterocycles. The minimum atomic E-state index is -0.496. The number of thiophene rings is 1. The van der Waals surface area contributed by atoms with Gasteiger partial charge in [-0.05, 0) is 39.5 Å². The topological polar surface area (TPSA) is 52.9 Å². The van der Waals surface area contributed by atoms with Crippen molar-refractivity contribution >= 4 is 33.2 Å². The van der Waals surface area contributed by atoms with Crippen LogP contribution in [0.2, 0.25) is 0 Å². The molecule has 0 atom stereocenters. The molecule has 0 spiro atoms. The van der Waals surface area contributed by atoms with Crippen LogP contribution in [0, 0.1) is 17.1 Å². The predicted molar refractivity (Wildman–Crippen MR) is 74.3 cm³/mol. The van der Waals surface area contributed by atoms with Gasteiger partial charge in [-0.2, -0.15) is 5.26 Å². The van der Waals surface area contributed by atoms with E-state index in [9.17, 15) is 9.18 Å². The molecule has 0 radical (unpaired) electrons. The lowest BCUT2D eigenvalue weighted by atomic mass is 10.1. The van der Waals surface area contributed by atoms with E-state index in [1.807, 2.05) is 6.07 Å². The molecule has 0 aliphatic rings. The molecule has 0 unspecified atom stereocenters. The zero-order valence-corrected chi connectivity index (χ0v) is 12.0. The van der Waals surface area contributed by atoms with Gasteiger partial charge in [0.15, 0.2) is 0 Å². The molecule has 19 heavy (non-hydrogen) atoms. The number of nitriles is 1. The van der Waals surface area contributed by atoms with Gasteiger partial charge >= 0.3 is 0 Å². The van der Waals surface area contributed by atoms with Gasteiger partial charge in [-0.25, -0.2) is 4.39 Å². The molecule has 2 aromatic rings. The van der Waals surface area contributed by atoms with Crippen LogP contribution in [0.25, 0.3) is 0 Å². The van der Waals surface area contributed by atoms with Gasteiger partial charge < -0.3 is 5.32 Å². The zero-order valence-electron chi connectivity index (χ0n) is 9.61. The predicted octanol–water partition coefficient (Wildman–Crippen LogP) is 3.45. The fourth-order valence-corrected chi connectivity index (χ4v) is 2.94. The molecule has 96 valence electrons. The summed E-state index contributed by atoms with van der Waals surface area (Å²) in [6.45, 7) is 0.0840. The summed E-state index contributed by atoms with van der Waals surface area (Å²) in [6.07, 6.45) is 0. The molecular weight excluding hydrogens is 331 g/mol. The van der Waals surface area contributed by atoms with E-state index in [-0.39, 0.29) is 18.0 Å². The Balaban J connectivity index is 2.06. The van der Waals surface area contributed by atoms with Crippen molar-refractivity contribution in [2.75, 3.05) is 0 Å². The molecule has 2 rings (SSSR count). The number of hydrogen-bond donors (Lipinski definition) is 1. The van der Waals surface area contributed by atoms with Gasteiger partial charge in [0.05, 0.1) is 11.6 Å². The van der Waals surface area contributed by atoms with Crippen LogP contribution in [0.15, 0.2) is 34.1 Å². The highest BCUT2D eigenvalue weighted by Gasteiger charge is 2.12. The van der Waals surface area contributed by atoms with Crippen molar-refractivity contribution in [2.24, 2.45) is 0 Å². The minimum absolute atomic E-state index is 0.0840. The molecule has 1 aromatic heterocycles. The molecule has 0 fully saturated rings. The van der Waals surface area contributed by atoms with E-state index in [4.69, 9.17) is 5.26 Å². The summed E-state index contributed by atoms with van der Waals surface area (Å²) >= 11 is 4.57. The maximum atomic E-state index is 13.6. The lowest BCUT2D eigenvalue weighted by Gasteiger charge is -2.05. The number of nitrogens with one attached hydrogen (secondary N) is 1. The number of amides is 1. The Bertz CT molecular complexity index is 663. The Morgan fingerprint density at radius 3 is 2.84 bits per heavy atom. The lowest BCUT2D eigenvalue weighted by Crippen LogP contribution is -2.22. The van der Waals surface area contributed by atoms with Gasteiger partial charge in [0.1, 0.15) is 10.7 Å². The lowest BCUT2D eigenvalue weighted by molar-refractivity contribution is 0.0954. The van der Waals surface area contributed by atoms with Crippen LogP contribution in [0.4, 0.5) is 4.39 Å². The number of carbonyl (C=O) groups is 1. The third-order valence-electron chi connectivity index (χ3n) is 2.44. The fraction of sp³-hybridized carbons (Fsp3) is 0.0769. The third-order valence-corrected chi connectivity index (χ3v) is 4.28. The van der Waals surface area contributed by atoms with Crippen molar-refractivity contribution in [3.63, 3.8) is 0 Å². The van der Waals surface area contributed by atoms with Crippen molar-refractivity contribution in [2.45, 2.75) is 6.54 Å². The second-order valence-electron chi connectivity index (χ2n) is 3.70. The first-order valence-electron chi connectivity index (χ1n) is 5.31. The number of hydrogen-bond acceptors (Lipinski definition) is 3. The smallest absolute Gasteiger partial charge is 0.262 e. The quantitative estimate of drug-likeness (QED) is 0.931. The van der Waals surface area contributed by atoms with E-state index >= 15 is 0 Å². The molecule has 0 aliphatic carbocycles. The largest absolute Gasteiger partial charge is 0.347 e. The SMILES string of the molecule is N#Cc1ccc(CNC(=O)c2sccc2Br)c(F)c1. The van der Waals surface area contributed by atoms with Crippen LogP contribution < -0.4 is 5.32 Å². The Hall–Kier alpha value is -1.71. The van der Waals surface area contributed by atoms with Crippen molar-refractivity contribution in [3.8, 4) is 6.07 Å². The molecule has 6 heteroatoms. The van der Waals surface area contributed by atoms with Gasteiger partial charge in [-0.15, -0.1) is 11.3 Å². The zero-order chi connectivity index (χ0) is 13.8. The number of halogens is 2. The summed E-state index contributed by atoms with van der Waals surface area (Å²) < 4.78 is 14.3. The maximum absolute atomic E-state index is 13.6. The third kappa shape index (κ3) is 3.19. The highest BCUT2D eigenvalue weighted by molar-refractivity contribution is 9.10. The van der Waals surface area contributed by atoms with E-state index in [0.717, 1.165) is 10.5 Å². The number of benzene rings is 1. The first-order valence-corrected chi connectivity index (χ1v) is 6.99. The molecule has 0 aliphatic heterocycles. The standard InChI is InChI=1S/C13H8BrFN2OS/c14-10-3-4-19-12(10)13(18)17-7-9-2-1-8(6-16)5-11(9)15/h1-5H,7H2,(H,17,18). The first-order chi connectivity index (χ1) is 9.11. The molecule has 1 heterocycles. The summed E-state index contributed by atoms with van der Waals surface area (Å²) in [5.41, 5.74) is 0.605. The van der Waals surface area contributed by atoms with Gasteiger partial charge in [0.2, 0.25) is 0 Å². The summed E-state index contributed by atoms with van der Waals surface area (Å²) in [5.74, 6) is -0.754. The summed E-state index contributed by atoms with van der Waals surface area (Å²) in [4.78, 5) is 12.4. The normalized spacial score (nSPS) is 9.95. The van der Waals surface area contributed by atoms with Crippen LogP contribution in [-0.2, 0) is 6.54 Å². The summed E-state index contributed by atoms with van der Waals surface area (Å²) in [7, 11) is 0. The first kappa shape index (κ1) is 13.7. The molecule has 0 saturated carbocycles. The van der Waals surface area contributed by atoms with Crippen LogP contribution >= 0.6 is 27.3 Å². The Morgan fingerprint density at radius 1 is 1.47 bits per heavy atom. The molecule has 1 N–H and O–H groups in total. The Morgan fingerprint density at radius 2 is 2.26 bits per heavy atom. The van der Waals surface area contributed by atoms with Crippen molar-refractivity contribution in [3.05, 3.63) is 55.9 Å². The number of rotatable bonds is 3. The molecular formula is C13H8BrFN2OS. The van der Waals surface area contributed by atoms with Crippen molar-refractivity contribution in [1.82, 2.24) is 5.32 Å². The Kier molecular flexibility index (Phi) is 4.30. The average Bonchev–Trinajstić information content (AvgIpc) is 2.83. The molecule has 0 bridgehead atoms. The van der Waals surface area contributed by atoms with Gasteiger partial charge in [-0.1, -0.05) is 6.07 Å². The van der Waals surface area contributed by atoms with Crippen molar-refractivity contribution < 1.29 is 9.18 Å². The molecule has 3 nitrogen and oxygen atoms in total. The maximum Gasteiger partial charge on any atom is 0.262 e. The number of carbonyl (C=O) groups excluding carboxylic acids is 1. The van der Waals surface area contributed by atoms with E-state index in [2.05, 4.69) is 21.2 Å². The summed E-state index contributed by atoms with van der Waals surface area (Å²) in [6, 6.07) is 7.81. The van der Waals surface area contributed by atoms with Gasteiger partial charge in [0.25, 0.3) is 5.91 Å². The van der Waals surface area contributed by atoms with E-state index in [0.29, 0.717) is 10.4 Å². The second kappa shape index (κ2) is 5.95. The van der Waals surface area contributed by atoms with Crippen LogP contribution in [0.3, 0.4) is 0 Å². The Labute approximate surface area is 121 Å². The van der Waals surface area contributed by atoms with Crippen LogP contribution in [0.1, 0.15) is 20.8 Å². The van der Waals surface area contributed by atoms with E-state index < -0.39 is 5.82 Å². The van der Waals surface area contributed by atoms with Gasteiger partial charge in [-0.3, -0.25) is 4.79 Å². The van der Waals surface area contributed by atoms with E-state index in [1.165, 1.54) is 23.5 Å². The highest BCUT2D eigenvalue weighted by atomic mass is 79.9.